The Morgan fingerprint density at radius 2 is 1.96 bits per heavy atom. The van der Waals surface area contributed by atoms with Crippen LogP contribution in [0.4, 0.5) is 5.69 Å². The van der Waals surface area contributed by atoms with Crippen LogP contribution in [0.3, 0.4) is 0 Å². The average Bonchev–Trinajstić information content (AvgIpc) is 3.12. The maximum Gasteiger partial charge on any atom is 0.227 e. The number of carbonyl (C=O) groups excluding carboxylic acids is 1. The minimum atomic E-state index is 0.237. The van der Waals surface area contributed by atoms with Crippen molar-refractivity contribution in [3.8, 4) is 0 Å². The summed E-state index contributed by atoms with van der Waals surface area (Å²) in [5, 5.41) is 7.58. The predicted octanol–water partition coefficient (Wildman–Crippen LogP) is 4.06. The van der Waals surface area contributed by atoms with Gasteiger partial charge in [-0.2, -0.15) is 11.3 Å². The van der Waals surface area contributed by atoms with Crippen molar-refractivity contribution < 1.29 is 4.79 Å². The maximum absolute atomic E-state index is 12.8. The molecule has 2 aromatic rings. The molecule has 1 fully saturated rings. The summed E-state index contributed by atoms with van der Waals surface area (Å²) in [6.45, 7) is 2.85. The Morgan fingerprint density at radius 1 is 1.17 bits per heavy atom. The second-order valence-electron chi connectivity index (χ2n) is 6.18. The third-order valence-electron chi connectivity index (χ3n) is 4.51. The highest BCUT2D eigenvalue weighted by Gasteiger charge is 2.19. The molecule has 0 unspecified atom stereocenters. The molecule has 23 heavy (non-hydrogen) atoms. The van der Waals surface area contributed by atoms with Gasteiger partial charge in [-0.1, -0.05) is 18.2 Å². The van der Waals surface area contributed by atoms with E-state index in [4.69, 9.17) is 0 Å². The van der Waals surface area contributed by atoms with Crippen molar-refractivity contribution in [2.45, 2.75) is 32.2 Å². The molecule has 4 heteroatoms. The number of rotatable bonds is 6. The highest BCUT2D eigenvalue weighted by Crippen LogP contribution is 2.23. The van der Waals surface area contributed by atoms with Gasteiger partial charge >= 0.3 is 0 Å². The van der Waals surface area contributed by atoms with Gasteiger partial charge in [-0.25, -0.2) is 0 Å². The molecule has 1 aliphatic rings. The molecule has 1 amide bonds. The Bertz CT molecular complexity index is 591. The molecular weight excluding hydrogens is 304 g/mol. The first-order valence-corrected chi connectivity index (χ1v) is 9.34. The van der Waals surface area contributed by atoms with Crippen LogP contribution in [-0.2, 0) is 11.3 Å². The summed E-state index contributed by atoms with van der Waals surface area (Å²) in [4.78, 5) is 14.8. The summed E-state index contributed by atoms with van der Waals surface area (Å²) in [5.41, 5.74) is 2.20. The van der Waals surface area contributed by atoms with Crippen molar-refractivity contribution in [3.05, 3.63) is 52.7 Å². The molecule has 1 aliphatic heterocycles. The van der Waals surface area contributed by atoms with Gasteiger partial charge in [0.1, 0.15) is 0 Å². The number of hydrogen-bond acceptors (Lipinski definition) is 3. The smallest absolute Gasteiger partial charge is 0.227 e. The molecular formula is C19H24N2OS. The van der Waals surface area contributed by atoms with Crippen LogP contribution >= 0.6 is 11.3 Å². The lowest BCUT2D eigenvalue weighted by Gasteiger charge is -2.25. The van der Waals surface area contributed by atoms with Crippen LogP contribution in [0.25, 0.3) is 0 Å². The van der Waals surface area contributed by atoms with E-state index in [-0.39, 0.29) is 5.91 Å². The third-order valence-corrected chi connectivity index (χ3v) is 5.25. The monoisotopic (exact) mass is 328 g/mol. The van der Waals surface area contributed by atoms with Crippen LogP contribution < -0.4 is 10.2 Å². The topological polar surface area (TPSA) is 32.3 Å². The molecule has 2 heterocycles. The molecule has 3 rings (SSSR count). The zero-order chi connectivity index (χ0) is 15.9. The summed E-state index contributed by atoms with van der Waals surface area (Å²) in [7, 11) is 0. The zero-order valence-electron chi connectivity index (χ0n) is 13.4. The van der Waals surface area contributed by atoms with E-state index in [2.05, 4.69) is 22.1 Å². The van der Waals surface area contributed by atoms with Crippen LogP contribution in [-0.4, -0.2) is 19.0 Å². The van der Waals surface area contributed by atoms with Crippen molar-refractivity contribution in [2.75, 3.05) is 18.0 Å². The second kappa shape index (κ2) is 8.27. The average molecular weight is 328 g/mol. The fourth-order valence-electron chi connectivity index (χ4n) is 3.13. The molecule has 1 aromatic heterocycles. The van der Waals surface area contributed by atoms with Crippen LogP contribution in [0.5, 0.6) is 0 Å². The van der Waals surface area contributed by atoms with Crippen LogP contribution in [0, 0.1) is 5.92 Å². The SMILES string of the molecule is O=C(CCC1CCNCC1)N(Cc1ccsc1)c1ccccc1. The van der Waals surface area contributed by atoms with Crippen molar-refractivity contribution in [2.24, 2.45) is 5.92 Å². The molecule has 1 saturated heterocycles. The van der Waals surface area contributed by atoms with Crippen molar-refractivity contribution in [1.82, 2.24) is 5.32 Å². The van der Waals surface area contributed by atoms with Crippen molar-refractivity contribution >= 4 is 22.9 Å². The Hall–Kier alpha value is -1.65. The number of carbonyl (C=O) groups is 1. The number of amides is 1. The lowest BCUT2D eigenvalue weighted by Crippen LogP contribution is -2.32. The first-order valence-electron chi connectivity index (χ1n) is 8.40. The third kappa shape index (κ3) is 4.66. The van der Waals surface area contributed by atoms with Gasteiger partial charge in [0.2, 0.25) is 5.91 Å². The van der Waals surface area contributed by atoms with Gasteiger partial charge in [-0.15, -0.1) is 0 Å². The first-order chi connectivity index (χ1) is 11.3. The Morgan fingerprint density at radius 3 is 2.65 bits per heavy atom. The quantitative estimate of drug-likeness (QED) is 0.867. The van der Waals surface area contributed by atoms with E-state index < -0.39 is 0 Å². The van der Waals surface area contributed by atoms with Gasteiger partial charge in [-0.3, -0.25) is 4.79 Å². The molecule has 0 atom stereocenters. The zero-order valence-corrected chi connectivity index (χ0v) is 14.2. The largest absolute Gasteiger partial charge is 0.317 e. The van der Waals surface area contributed by atoms with Gasteiger partial charge in [-0.05, 0) is 72.8 Å². The standard InChI is InChI=1S/C19H24N2OS/c22-19(7-6-16-8-11-20-12-9-16)21(14-17-10-13-23-15-17)18-4-2-1-3-5-18/h1-5,10,13,15-16,20H,6-9,11-12,14H2. The number of benzene rings is 1. The van der Waals surface area contributed by atoms with Crippen LogP contribution in [0.15, 0.2) is 47.2 Å². The number of piperidine rings is 1. The molecule has 0 saturated carbocycles. The van der Waals surface area contributed by atoms with Gasteiger partial charge < -0.3 is 10.2 Å². The summed E-state index contributed by atoms with van der Waals surface area (Å²) >= 11 is 1.68. The predicted molar refractivity (Wildman–Crippen MR) is 96.8 cm³/mol. The fraction of sp³-hybridized carbons (Fsp3) is 0.421. The molecule has 0 bridgehead atoms. The van der Waals surface area contributed by atoms with Gasteiger partial charge in [0, 0.05) is 12.1 Å². The van der Waals surface area contributed by atoms with Crippen molar-refractivity contribution in [1.29, 1.82) is 0 Å². The van der Waals surface area contributed by atoms with Crippen LogP contribution in [0.2, 0.25) is 0 Å². The number of anilines is 1. The Balaban J connectivity index is 1.65. The summed E-state index contributed by atoms with van der Waals surface area (Å²) < 4.78 is 0. The molecule has 0 radical (unpaired) electrons. The van der Waals surface area contributed by atoms with E-state index in [1.54, 1.807) is 11.3 Å². The van der Waals surface area contributed by atoms with E-state index in [0.717, 1.165) is 25.2 Å². The molecule has 1 N–H and O–H groups in total. The number of hydrogen-bond donors (Lipinski definition) is 1. The molecule has 1 aromatic carbocycles. The van der Waals surface area contributed by atoms with Gasteiger partial charge in [0.05, 0.1) is 6.54 Å². The minimum absolute atomic E-state index is 0.237. The Labute approximate surface area is 142 Å². The molecule has 0 spiro atoms. The van der Waals surface area contributed by atoms with Gasteiger partial charge in [0.15, 0.2) is 0 Å². The minimum Gasteiger partial charge on any atom is -0.317 e. The Kier molecular flexibility index (Phi) is 5.83. The molecule has 0 aliphatic carbocycles. The number of thiophene rings is 1. The van der Waals surface area contributed by atoms with Crippen LogP contribution in [0.1, 0.15) is 31.2 Å². The van der Waals surface area contributed by atoms with E-state index in [9.17, 15) is 4.79 Å². The summed E-state index contributed by atoms with van der Waals surface area (Å²) in [6, 6.07) is 12.1. The first kappa shape index (κ1) is 16.2. The summed E-state index contributed by atoms with van der Waals surface area (Å²) in [6.07, 6.45) is 4.05. The lowest BCUT2D eigenvalue weighted by molar-refractivity contribution is -0.119. The summed E-state index contributed by atoms with van der Waals surface area (Å²) in [5.74, 6) is 0.930. The van der Waals surface area contributed by atoms with E-state index >= 15 is 0 Å². The maximum atomic E-state index is 12.8. The number of nitrogens with zero attached hydrogens (tertiary/aromatic N) is 1. The fourth-order valence-corrected chi connectivity index (χ4v) is 3.79. The van der Waals surface area contributed by atoms with E-state index in [1.165, 1.54) is 18.4 Å². The van der Waals surface area contributed by atoms with E-state index in [1.807, 2.05) is 35.2 Å². The van der Waals surface area contributed by atoms with Gasteiger partial charge in [0.25, 0.3) is 0 Å². The number of para-hydroxylation sites is 1. The van der Waals surface area contributed by atoms with Crippen molar-refractivity contribution in [3.63, 3.8) is 0 Å². The second-order valence-corrected chi connectivity index (χ2v) is 6.96. The number of nitrogens with one attached hydrogen (secondary N) is 1. The lowest BCUT2D eigenvalue weighted by atomic mass is 9.93. The normalized spacial score (nSPS) is 15.5. The highest BCUT2D eigenvalue weighted by atomic mass is 32.1. The highest BCUT2D eigenvalue weighted by molar-refractivity contribution is 7.07. The molecule has 3 nitrogen and oxygen atoms in total. The van der Waals surface area contributed by atoms with E-state index in [0.29, 0.717) is 18.9 Å². The molecule has 122 valence electrons.